The minimum absolute atomic E-state index is 0.687. The Balaban J connectivity index is 3.91. The third-order valence-electron chi connectivity index (χ3n) is 3.23. The highest BCUT2D eigenvalue weighted by Gasteiger charge is 2.05. The molecule has 0 fully saturated rings. The van der Waals surface area contributed by atoms with E-state index < -0.39 is 0 Å². The van der Waals surface area contributed by atoms with Crippen molar-refractivity contribution in [2.75, 3.05) is 0 Å². The Bertz CT molecular complexity index is 274. The Morgan fingerprint density at radius 1 is 1.06 bits per heavy atom. The molecule has 0 saturated carbocycles. The molecule has 0 spiro atoms. The quantitative estimate of drug-likeness (QED) is 0.419. The van der Waals surface area contributed by atoms with Crippen molar-refractivity contribution in [1.82, 2.24) is 0 Å². The van der Waals surface area contributed by atoms with Crippen LogP contribution < -0.4 is 0 Å². The van der Waals surface area contributed by atoms with Crippen molar-refractivity contribution in [1.29, 1.82) is 0 Å². The van der Waals surface area contributed by atoms with Crippen LogP contribution in [0.4, 0.5) is 0 Å². The second-order valence-electron chi connectivity index (χ2n) is 6.07. The fourth-order valence-corrected chi connectivity index (χ4v) is 2.17. The maximum atomic E-state index is 3.95. The summed E-state index contributed by atoms with van der Waals surface area (Å²) in [6, 6.07) is 0. The van der Waals surface area contributed by atoms with E-state index in [9.17, 15) is 0 Å². The maximum Gasteiger partial charge on any atom is -0.0231 e. The predicted octanol–water partition coefficient (Wildman–Crippen LogP) is 6.31. The summed E-state index contributed by atoms with van der Waals surface area (Å²) in [5.74, 6) is 1.46. The molecule has 18 heavy (non-hydrogen) atoms. The first-order valence-electron chi connectivity index (χ1n) is 7.37. The maximum absolute atomic E-state index is 3.95. The molecule has 0 aliphatic carbocycles. The van der Waals surface area contributed by atoms with Crippen LogP contribution in [0.3, 0.4) is 0 Å². The van der Waals surface area contributed by atoms with Gasteiger partial charge in [0.2, 0.25) is 0 Å². The molecule has 0 rings (SSSR count). The molecule has 0 radical (unpaired) electrons. The Hall–Kier alpha value is -0.780. The average Bonchev–Trinajstić information content (AvgIpc) is 2.26. The molecule has 0 bridgehead atoms. The standard InChI is InChI=1S/C18H32/c1-7-18(14-16(4)5)13-9-12-17(6)11-8-10-15(2)3/h7,10,12,16,18H,1,8-9,11,13-14H2,2-6H3/b17-12+. The summed E-state index contributed by atoms with van der Waals surface area (Å²) in [6.45, 7) is 15.1. The van der Waals surface area contributed by atoms with Gasteiger partial charge < -0.3 is 0 Å². The van der Waals surface area contributed by atoms with Crippen LogP contribution in [0.5, 0.6) is 0 Å². The van der Waals surface area contributed by atoms with Crippen LogP contribution in [-0.4, -0.2) is 0 Å². The molecular weight excluding hydrogens is 216 g/mol. The third-order valence-corrected chi connectivity index (χ3v) is 3.23. The Morgan fingerprint density at radius 3 is 2.22 bits per heavy atom. The molecule has 1 atom stereocenters. The summed E-state index contributed by atoms with van der Waals surface area (Å²) in [7, 11) is 0. The molecular formula is C18H32. The zero-order chi connectivity index (χ0) is 14.0. The van der Waals surface area contributed by atoms with Gasteiger partial charge in [-0.3, -0.25) is 0 Å². The Kier molecular flexibility index (Phi) is 9.73. The van der Waals surface area contributed by atoms with E-state index in [-0.39, 0.29) is 0 Å². The van der Waals surface area contributed by atoms with Gasteiger partial charge in [-0.1, -0.05) is 43.2 Å². The van der Waals surface area contributed by atoms with E-state index in [1.165, 1.54) is 43.3 Å². The van der Waals surface area contributed by atoms with Crippen LogP contribution in [0.15, 0.2) is 36.0 Å². The molecule has 0 aromatic carbocycles. The van der Waals surface area contributed by atoms with Gasteiger partial charge in [-0.25, -0.2) is 0 Å². The van der Waals surface area contributed by atoms with Gasteiger partial charge in [-0.2, -0.15) is 0 Å². The van der Waals surface area contributed by atoms with Crippen LogP contribution in [0.25, 0.3) is 0 Å². The molecule has 0 aliphatic heterocycles. The average molecular weight is 248 g/mol. The van der Waals surface area contributed by atoms with Gasteiger partial charge in [0.1, 0.15) is 0 Å². The number of hydrogen-bond donors (Lipinski definition) is 0. The largest absolute Gasteiger partial charge is 0.103 e. The van der Waals surface area contributed by atoms with Gasteiger partial charge >= 0.3 is 0 Å². The molecule has 0 amide bonds. The van der Waals surface area contributed by atoms with E-state index in [4.69, 9.17) is 0 Å². The zero-order valence-electron chi connectivity index (χ0n) is 13.1. The monoisotopic (exact) mass is 248 g/mol. The van der Waals surface area contributed by atoms with E-state index in [2.05, 4.69) is 59.4 Å². The topological polar surface area (TPSA) is 0 Å². The second kappa shape index (κ2) is 10.2. The lowest BCUT2D eigenvalue weighted by molar-refractivity contribution is 0.454. The first-order chi connectivity index (χ1) is 8.45. The summed E-state index contributed by atoms with van der Waals surface area (Å²) in [5.41, 5.74) is 2.95. The van der Waals surface area contributed by atoms with Crippen molar-refractivity contribution in [2.45, 2.75) is 66.7 Å². The first kappa shape index (κ1) is 17.2. The lowest BCUT2D eigenvalue weighted by Crippen LogP contribution is -2.00. The van der Waals surface area contributed by atoms with Crippen molar-refractivity contribution in [3.8, 4) is 0 Å². The minimum atomic E-state index is 0.687. The zero-order valence-corrected chi connectivity index (χ0v) is 13.1. The molecule has 0 aliphatic rings. The summed E-state index contributed by atoms with van der Waals surface area (Å²) >= 11 is 0. The summed E-state index contributed by atoms with van der Waals surface area (Å²) < 4.78 is 0. The molecule has 1 unspecified atom stereocenters. The summed E-state index contributed by atoms with van der Waals surface area (Å²) in [5, 5.41) is 0. The molecule has 0 nitrogen and oxygen atoms in total. The lowest BCUT2D eigenvalue weighted by atomic mass is 9.92. The van der Waals surface area contributed by atoms with E-state index in [1.807, 2.05) is 0 Å². The highest BCUT2D eigenvalue weighted by Crippen LogP contribution is 2.19. The molecule has 104 valence electrons. The van der Waals surface area contributed by atoms with Gasteiger partial charge in [0.15, 0.2) is 0 Å². The van der Waals surface area contributed by atoms with E-state index in [1.54, 1.807) is 0 Å². The van der Waals surface area contributed by atoms with E-state index >= 15 is 0 Å². The Morgan fingerprint density at radius 2 is 1.72 bits per heavy atom. The van der Waals surface area contributed by atoms with Crippen LogP contribution in [0.2, 0.25) is 0 Å². The highest BCUT2D eigenvalue weighted by molar-refractivity contribution is 5.02. The number of rotatable bonds is 9. The van der Waals surface area contributed by atoms with Crippen molar-refractivity contribution >= 4 is 0 Å². The smallest absolute Gasteiger partial charge is 0.0231 e. The molecule has 0 heterocycles. The lowest BCUT2D eigenvalue weighted by Gasteiger charge is -2.13. The fourth-order valence-electron chi connectivity index (χ4n) is 2.17. The van der Waals surface area contributed by atoms with Crippen LogP contribution >= 0.6 is 0 Å². The van der Waals surface area contributed by atoms with Crippen LogP contribution in [-0.2, 0) is 0 Å². The van der Waals surface area contributed by atoms with Crippen molar-refractivity contribution in [2.24, 2.45) is 11.8 Å². The van der Waals surface area contributed by atoms with Gasteiger partial charge in [-0.05, 0) is 64.7 Å². The molecule has 0 aromatic heterocycles. The van der Waals surface area contributed by atoms with Gasteiger partial charge in [-0.15, -0.1) is 6.58 Å². The highest BCUT2D eigenvalue weighted by atomic mass is 14.1. The fraction of sp³-hybridized carbons (Fsp3) is 0.667. The van der Waals surface area contributed by atoms with Gasteiger partial charge in [0.25, 0.3) is 0 Å². The molecule has 0 heteroatoms. The number of allylic oxidation sites excluding steroid dienone is 5. The predicted molar refractivity (Wildman–Crippen MR) is 84.8 cm³/mol. The number of hydrogen-bond acceptors (Lipinski definition) is 0. The minimum Gasteiger partial charge on any atom is -0.103 e. The van der Waals surface area contributed by atoms with Gasteiger partial charge in [0, 0.05) is 0 Å². The summed E-state index contributed by atoms with van der Waals surface area (Å²) in [4.78, 5) is 0. The molecule has 0 aromatic rings. The molecule has 0 N–H and O–H groups in total. The van der Waals surface area contributed by atoms with Crippen LogP contribution in [0.1, 0.15) is 66.7 Å². The Labute approximate surface area is 115 Å². The van der Waals surface area contributed by atoms with Crippen LogP contribution in [0, 0.1) is 11.8 Å². The van der Waals surface area contributed by atoms with Crippen molar-refractivity contribution in [3.05, 3.63) is 36.0 Å². The van der Waals surface area contributed by atoms with Crippen molar-refractivity contribution < 1.29 is 0 Å². The summed E-state index contributed by atoms with van der Waals surface area (Å²) in [6.07, 6.45) is 13.0. The van der Waals surface area contributed by atoms with E-state index in [0.29, 0.717) is 5.92 Å². The van der Waals surface area contributed by atoms with Crippen molar-refractivity contribution in [3.63, 3.8) is 0 Å². The normalized spacial score (nSPS) is 13.6. The second-order valence-corrected chi connectivity index (χ2v) is 6.07. The van der Waals surface area contributed by atoms with E-state index in [0.717, 1.165) is 5.92 Å². The first-order valence-corrected chi connectivity index (χ1v) is 7.37. The molecule has 0 saturated heterocycles. The third kappa shape index (κ3) is 10.4. The van der Waals surface area contributed by atoms with Gasteiger partial charge in [0.05, 0.1) is 0 Å². The SMILES string of the molecule is C=CC(CC/C=C(\C)CCC=C(C)C)CC(C)C.